The molecule has 1 aliphatic carbocycles. The Balaban J connectivity index is 1.66. The van der Waals surface area contributed by atoms with Crippen LogP contribution in [-0.2, 0) is 17.6 Å². The van der Waals surface area contributed by atoms with Crippen LogP contribution in [0.5, 0.6) is 5.75 Å². The number of benzene rings is 2. The maximum absolute atomic E-state index is 13.2. The van der Waals surface area contributed by atoms with E-state index in [0.29, 0.717) is 43.0 Å². The quantitative estimate of drug-likeness (QED) is 0.146. The second-order valence-electron chi connectivity index (χ2n) is 10.1. The van der Waals surface area contributed by atoms with Gasteiger partial charge in [0.05, 0.1) is 34.2 Å². The van der Waals surface area contributed by atoms with Crippen molar-refractivity contribution < 1.29 is 24.9 Å². The van der Waals surface area contributed by atoms with Gasteiger partial charge in [-0.3, -0.25) is 9.79 Å². The number of carboxylic acid groups (broad SMARTS) is 1. The van der Waals surface area contributed by atoms with Gasteiger partial charge in [-0.15, -0.1) is 0 Å². The molecule has 0 radical (unpaired) electrons. The van der Waals surface area contributed by atoms with Gasteiger partial charge in [0.1, 0.15) is 11.8 Å². The van der Waals surface area contributed by atoms with E-state index in [4.69, 9.17) is 28.9 Å². The number of carbonyl (C=O) groups is 2. The van der Waals surface area contributed by atoms with Gasteiger partial charge in [-0.1, -0.05) is 48.7 Å². The minimum absolute atomic E-state index is 0.0629. The molecule has 2 aromatic carbocycles. The predicted octanol–water partition coefficient (Wildman–Crippen LogP) is 4.60. The van der Waals surface area contributed by atoms with Crippen molar-refractivity contribution in [2.75, 3.05) is 13.2 Å². The number of hydrogen-bond donors (Lipinski definition) is 6. The predicted molar refractivity (Wildman–Crippen MR) is 157 cm³/mol. The molecule has 1 amide bonds. The summed E-state index contributed by atoms with van der Waals surface area (Å²) < 4.78 is 0. The molecule has 11 heteroatoms. The number of nitrogens with two attached hydrogens (primary N) is 1. The first-order valence-electron chi connectivity index (χ1n) is 13.6. The Morgan fingerprint density at radius 2 is 2.02 bits per heavy atom. The number of aromatic hydroxyl groups is 1. The number of phenolic OH excluding ortho intramolecular Hbond substituents is 1. The van der Waals surface area contributed by atoms with E-state index in [9.17, 15) is 24.9 Å². The third kappa shape index (κ3) is 8.57. The monoisotopic (exact) mass is 592 g/mol. The van der Waals surface area contributed by atoms with Gasteiger partial charge in [0.15, 0.2) is 0 Å². The zero-order valence-electron chi connectivity index (χ0n) is 22.6. The van der Waals surface area contributed by atoms with Crippen molar-refractivity contribution in [1.82, 2.24) is 10.6 Å². The van der Waals surface area contributed by atoms with E-state index in [1.807, 2.05) is 6.92 Å². The molecule has 2 unspecified atom stereocenters. The Morgan fingerprint density at radius 3 is 2.70 bits per heavy atom. The normalized spacial score (nSPS) is 16.6. The van der Waals surface area contributed by atoms with Gasteiger partial charge in [0.25, 0.3) is 5.91 Å². The van der Waals surface area contributed by atoms with Crippen molar-refractivity contribution in [3.05, 3.63) is 62.6 Å². The van der Waals surface area contributed by atoms with Crippen molar-refractivity contribution in [2.24, 2.45) is 16.6 Å². The molecule has 9 nitrogen and oxygen atoms in total. The molecule has 0 heterocycles. The number of phenols is 1. The molecule has 0 aromatic heterocycles. The molecule has 0 saturated carbocycles. The lowest BCUT2D eigenvalue weighted by Gasteiger charge is -2.27. The average molecular weight is 594 g/mol. The molecule has 40 heavy (non-hydrogen) atoms. The lowest BCUT2D eigenvalue weighted by molar-refractivity contribution is -0.139. The Hall–Kier alpha value is -2.85. The number of nitrogens with zero attached hydrogens (tertiary/aromatic N) is 1. The fourth-order valence-corrected chi connectivity index (χ4v) is 5.76. The minimum atomic E-state index is -1.23. The van der Waals surface area contributed by atoms with E-state index < -0.39 is 24.0 Å². The second-order valence-corrected chi connectivity index (χ2v) is 10.9. The molecule has 0 fully saturated rings. The van der Waals surface area contributed by atoms with Crippen LogP contribution in [0.2, 0.25) is 10.0 Å². The zero-order chi connectivity index (χ0) is 29.2. The number of fused-ring (bicyclic) bond motifs is 1. The van der Waals surface area contributed by atoms with E-state index >= 15 is 0 Å². The van der Waals surface area contributed by atoms with Crippen molar-refractivity contribution in [1.29, 1.82) is 0 Å². The van der Waals surface area contributed by atoms with Crippen LogP contribution in [0.25, 0.3) is 0 Å². The highest BCUT2D eigenvalue weighted by Gasteiger charge is 2.29. The number of rotatable bonds is 13. The maximum Gasteiger partial charge on any atom is 0.328 e. The number of unbranched alkanes of at least 4 members (excludes halogenated alkanes) is 1. The standard InChI is InChI=1S/C29H38Cl2N4O5/c1-2-3-7-25(34-16-32)33-15-23(29(39)40)35-28(38)26-22(30)14-19-12-17(8-10-21(19)27(26)31)9-11-24(37)18-5-4-6-20(36)13-18/h4-6,13-14,17,23-24,36-37H,2-3,7-12,15-16,32H2,1H3,(H,33,34)(H,35,38)(H,39,40)/t17?,23-,24?/m0/s1. The van der Waals surface area contributed by atoms with Gasteiger partial charge < -0.3 is 31.7 Å². The number of aliphatic carboxylic acids is 1. The summed E-state index contributed by atoms with van der Waals surface area (Å²) in [6, 6.07) is 7.13. The van der Waals surface area contributed by atoms with Gasteiger partial charge in [0.2, 0.25) is 0 Å². The van der Waals surface area contributed by atoms with E-state index in [2.05, 4.69) is 15.6 Å². The third-order valence-electron chi connectivity index (χ3n) is 7.22. The number of carbonyl (C=O) groups excluding carboxylic acids is 1. The van der Waals surface area contributed by atoms with E-state index in [1.165, 1.54) is 0 Å². The molecule has 2 aromatic rings. The summed E-state index contributed by atoms with van der Waals surface area (Å²) in [4.78, 5) is 29.2. The van der Waals surface area contributed by atoms with Crippen molar-refractivity contribution in [3.63, 3.8) is 0 Å². The first-order chi connectivity index (χ1) is 19.1. The molecular formula is C29H38Cl2N4O5. The molecule has 0 bridgehead atoms. The smallest absolute Gasteiger partial charge is 0.328 e. The third-order valence-corrected chi connectivity index (χ3v) is 7.93. The molecule has 0 aliphatic heterocycles. The van der Waals surface area contributed by atoms with E-state index in [-0.39, 0.29) is 34.6 Å². The Morgan fingerprint density at radius 1 is 1.25 bits per heavy atom. The largest absolute Gasteiger partial charge is 0.508 e. The van der Waals surface area contributed by atoms with Gasteiger partial charge in [-0.2, -0.15) is 0 Å². The lowest BCUT2D eigenvalue weighted by atomic mass is 9.80. The number of aliphatic imine (C=N–C) groups is 1. The summed E-state index contributed by atoms with van der Waals surface area (Å²) in [5, 5.41) is 35.8. The molecule has 1 aliphatic rings. The summed E-state index contributed by atoms with van der Waals surface area (Å²) in [5.74, 6) is -0.849. The molecular weight excluding hydrogens is 555 g/mol. The van der Waals surface area contributed by atoms with Gasteiger partial charge in [0, 0.05) is 13.0 Å². The van der Waals surface area contributed by atoms with E-state index in [0.717, 1.165) is 36.8 Å². The SMILES string of the molecule is CCCCC(=NCN)NC[C@H](NC(=O)c1c(Cl)cc2c(c1Cl)CCC(CCC(O)c1cccc(O)c1)C2)C(=O)O. The summed E-state index contributed by atoms with van der Waals surface area (Å²) in [5.41, 5.74) is 8.04. The van der Waals surface area contributed by atoms with Crippen LogP contribution in [-0.4, -0.2) is 52.3 Å². The molecule has 0 saturated heterocycles. The van der Waals surface area contributed by atoms with Gasteiger partial charge >= 0.3 is 5.97 Å². The number of hydrogen-bond acceptors (Lipinski definition) is 6. The van der Waals surface area contributed by atoms with Crippen LogP contribution in [0.4, 0.5) is 0 Å². The highest BCUT2D eigenvalue weighted by molar-refractivity contribution is 6.40. The Bertz CT molecular complexity index is 1220. The number of amidine groups is 1. The summed E-state index contributed by atoms with van der Waals surface area (Å²) in [7, 11) is 0. The van der Waals surface area contributed by atoms with Crippen LogP contribution >= 0.6 is 23.2 Å². The number of aliphatic hydroxyl groups is 1. The average Bonchev–Trinajstić information content (AvgIpc) is 2.92. The number of carboxylic acids is 1. The summed E-state index contributed by atoms with van der Waals surface area (Å²) in [6.45, 7) is 2.05. The lowest BCUT2D eigenvalue weighted by Crippen LogP contribution is -2.48. The maximum atomic E-state index is 13.2. The minimum Gasteiger partial charge on any atom is -0.508 e. The molecule has 0 spiro atoms. The van der Waals surface area contributed by atoms with Crippen molar-refractivity contribution in [3.8, 4) is 5.75 Å². The van der Waals surface area contributed by atoms with Gasteiger partial charge in [-0.05, 0) is 79.3 Å². The number of aliphatic hydroxyl groups excluding tert-OH is 1. The topological polar surface area (TPSA) is 157 Å². The van der Waals surface area contributed by atoms with Crippen LogP contribution < -0.4 is 16.4 Å². The van der Waals surface area contributed by atoms with Crippen LogP contribution in [0.15, 0.2) is 35.3 Å². The number of halogens is 2. The highest BCUT2D eigenvalue weighted by atomic mass is 35.5. The van der Waals surface area contributed by atoms with Crippen molar-refractivity contribution in [2.45, 2.75) is 70.4 Å². The van der Waals surface area contributed by atoms with Crippen LogP contribution in [0, 0.1) is 5.92 Å². The number of nitrogens with one attached hydrogen (secondary N) is 2. The van der Waals surface area contributed by atoms with Gasteiger partial charge in [-0.25, -0.2) is 4.79 Å². The summed E-state index contributed by atoms with van der Waals surface area (Å²) in [6.07, 6.45) is 5.26. The molecule has 3 rings (SSSR count). The molecule has 218 valence electrons. The fraction of sp³-hybridized carbons (Fsp3) is 0.483. The Kier molecular flexibility index (Phi) is 12.1. The van der Waals surface area contributed by atoms with Crippen LogP contribution in [0.1, 0.15) is 78.6 Å². The molecule has 7 N–H and O–H groups in total. The molecule has 3 atom stereocenters. The van der Waals surface area contributed by atoms with Crippen molar-refractivity contribution >= 4 is 40.9 Å². The van der Waals surface area contributed by atoms with E-state index in [1.54, 1.807) is 30.3 Å². The Labute approximate surface area is 244 Å². The second kappa shape index (κ2) is 15.2. The summed E-state index contributed by atoms with van der Waals surface area (Å²) >= 11 is 13.2. The number of amides is 1. The first kappa shape index (κ1) is 31.7. The van der Waals surface area contributed by atoms with Crippen LogP contribution in [0.3, 0.4) is 0 Å². The highest BCUT2D eigenvalue weighted by Crippen LogP contribution is 2.39. The first-order valence-corrected chi connectivity index (χ1v) is 14.4. The fourth-order valence-electron chi connectivity index (χ4n) is 5.00. The zero-order valence-corrected chi connectivity index (χ0v) is 24.1.